The Morgan fingerprint density at radius 2 is 1.72 bits per heavy atom. The first-order chi connectivity index (χ1) is 20.5. The molecule has 6 rings (SSSR count). The molecule has 0 unspecified atom stereocenters. The average Bonchev–Trinajstić information content (AvgIpc) is 3.42. The van der Waals surface area contributed by atoms with Gasteiger partial charge in [0.2, 0.25) is 0 Å². The normalized spacial score (nSPS) is 20.5. The van der Waals surface area contributed by atoms with Gasteiger partial charge in [0.05, 0.1) is 48.3 Å². The Morgan fingerprint density at radius 1 is 1.00 bits per heavy atom. The van der Waals surface area contributed by atoms with Crippen LogP contribution >= 0.6 is 7.05 Å². The average molecular weight is 599 g/mol. The molecule has 3 heterocycles. The van der Waals surface area contributed by atoms with Crippen LogP contribution in [-0.4, -0.2) is 23.0 Å². The zero-order valence-electron chi connectivity index (χ0n) is 24.3. The van der Waals surface area contributed by atoms with E-state index in [2.05, 4.69) is 36.9 Å². The van der Waals surface area contributed by atoms with Gasteiger partial charge in [-0.15, -0.1) is 0 Å². The lowest BCUT2D eigenvalue weighted by molar-refractivity contribution is -0.137. The van der Waals surface area contributed by atoms with Crippen LogP contribution in [0.4, 0.5) is 30.4 Å². The molecule has 1 atom stereocenters. The van der Waals surface area contributed by atoms with Gasteiger partial charge in [0, 0.05) is 40.7 Å². The Labute approximate surface area is 248 Å². The molecule has 3 aromatic carbocycles. The number of nitrogens with zero attached hydrogens (tertiary/aromatic N) is 6. The summed E-state index contributed by atoms with van der Waals surface area (Å²) in [6.45, 7) is 6.55. The number of likely N-dealkylation sites (N-methyl/N-ethyl adjacent to an activating group) is 1. The molecule has 1 aromatic heterocycles. The number of hydrogen-bond acceptors (Lipinski definition) is 5. The number of rotatable bonds is 4. The van der Waals surface area contributed by atoms with Gasteiger partial charge in [-0.05, 0) is 36.8 Å². The van der Waals surface area contributed by atoms with Crippen molar-refractivity contribution in [1.29, 1.82) is 5.26 Å². The molecular formula is C33H30F3N6P. The van der Waals surface area contributed by atoms with Gasteiger partial charge in [-0.3, -0.25) is 4.74 Å². The van der Waals surface area contributed by atoms with Crippen LogP contribution in [0, 0.1) is 18.3 Å². The summed E-state index contributed by atoms with van der Waals surface area (Å²) in [6, 6.07) is 25.4. The molecule has 0 aliphatic carbocycles. The van der Waals surface area contributed by atoms with Crippen molar-refractivity contribution in [2.75, 3.05) is 11.9 Å². The van der Waals surface area contributed by atoms with E-state index in [9.17, 15) is 18.4 Å². The minimum atomic E-state index is -4.52. The summed E-state index contributed by atoms with van der Waals surface area (Å²) < 4.78 is 48.8. The monoisotopic (exact) mass is 598 g/mol. The summed E-state index contributed by atoms with van der Waals surface area (Å²) in [5.74, 6) is 0.584. The number of hydrogen-bond donors (Lipinski definition) is 0. The molecule has 0 radical (unpaired) electrons. The number of allylic oxidation sites excluding steroid dienone is 2. The molecule has 10 heteroatoms. The number of aromatic nitrogens is 2. The van der Waals surface area contributed by atoms with Crippen LogP contribution in [0.2, 0.25) is 0 Å². The van der Waals surface area contributed by atoms with Crippen LogP contribution in [0.15, 0.2) is 99.6 Å². The van der Waals surface area contributed by atoms with Crippen LogP contribution in [0.25, 0.3) is 0 Å². The maximum atomic E-state index is 13.9. The predicted molar refractivity (Wildman–Crippen MR) is 166 cm³/mol. The number of nitriles is 1. The zero-order chi connectivity index (χ0) is 30.6. The molecule has 43 heavy (non-hydrogen) atoms. The maximum Gasteiger partial charge on any atom is 0.416 e. The van der Waals surface area contributed by atoms with Crippen molar-refractivity contribution in [3.05, 3.63) is 107 Å². The van der Waals surface area contributed by atoms with Gasteiger partial charge in [-0.1, -0.05) is 68.4 Å². The van der Waals surface area contributed by atoms with E-state index >= 15 is 0 Å². The maximum absolute atomic E-state index is 13.9. The summed E-state index contributed by atoms with van der Waals surface area (Å²) in [4.78, 5) is 7.11. The van der Waals surface area contributed by atoms with Crippen LogP contribution in [-0.2, 0) is 18.1 Å². The molecule has 0 saturated heterocycles. The van der Waals surface area contributed by atoms with E-state index in [1.54, 1.807) is 10.7 Å². The largest absolute Gasteiger partial charge is 0.416 e. The van der Waals surface area contributed by atoms with E-state index in [-0.39, 0.29) is 12.1 Å². The number of fused-ring (bicyclic) bond motifs is 2. The summed E-state index contributed by atoms with van der Waals surface area (Å²) in [7, 11) is -1.08. The highest BCUT2D eigenvalue weighted by molar-refractivity contribution is 7.86. The Balaban J connectivity index is 1.79. The van der Waals surface area contributed by atoms with Gasteiger partial charge in [-0.25, -0.2) is 9.67 Å². The second-order valence-corrected chi connectivity index (χ2v) is 14.1. The number of halogens is 3. The third-order valence-electron chi connectivity index (χ3n) is 8.16. The van der Waals surface area contributed by atoms with Crippen LogP contribution in [0.3, 0.4) is 0 Å². The number of aryl methyl sites for hydroxylation is 2. The quantitative estimate of drug-likeness (QED) is 0.224. The molecule has 2 aliphatic rings. The molecule has 2 aliphatic heterocycles. The lowest BCUT2D eigenvalue weighted by Crippen LogP contribution is -2.30. The standard InChI is InChI=1S/C33H30F3N6P/c1-22-29-31(42(39-22)19-11-18-37)38-21-28(30-32(2,3)26-16-8-9-17-27(26)41(30)4)43(29,25-14-6-5-7-15-25)40-24-13-10-12-23(20-24)33(34,35)36/h5-10,12-17,20-21H,11,19H2,1-4H3/b30-28+/t43-/m0/s1. The van der Waals surface area contributed by atoms with E-state index in [1.165, 1.54) is 6.07 Å². The van der Waals surface area contributed by atoms with Crippen molar-refractivity contribution < 1.29 is 13.2 Å². The smallest absolute Gasteiger partial charge is 0.346 e. The minimum Gasteiger partial charge on any atom is -0.346 e. The molecule has 0 saturated carbocycles. The van der Waals surface area contributed by atoms with Crippen LogP contribution in [0.1, 0.15) is 37.1 Å². The summed E-state index contributed by atoms with van der Waals surface area (Å²) >= 11 is 0. The predicted octanol–water partition coefficient (Wildman–Crippen LogP) is 7.96. The van der Waals surface area contributed by atoms with Gasteiger partial charge < -0.3 is 4.90 Å². The fourth-order valence-electron chi connectivity index (χ4n) is 6.36. The highest BCUT2D eigenvalue weighted by atomic mass is 31.2. The van der Waals surface area contributed by atoms with E-state index in [4.69, 9.17) is 14.8 Å². The van der Waals surface area contributed by atoms with Crippen molar-refractivity contribution in [2.24, 2.45) is 9.74 Å². The first-order valence-electron chi connectivity index (χ1n) is 13.9. The number of alkyl halides is 3. The third kappa shape index (κ3) is 4.52. The summed E-state index contributed by atoms with van der Waals surface area (Å²) in [6.07, 6.45) is -2.44. The van der Waals surface area contributed by atoms with Gasteiger partial charge >= 0.3 is 6.18 Å². The fraction of sp³-hybridized carbons (Fsp3) is 0.242. The fourth-order valence-corrected chi connectivity index (χ4v) is 10.5. The molecule has 4 aromatic rings. The Bertz CT molecular complexity index is 1890. The SMILES string of the molecule is Cc1nn(CCC#N)c2c1[P@](=Nc1cccc(C(F)(F)F)c1)(c1ccccc1)/C(=C1/N(C)c3ccccc3C1(C)C)C=N2. The molecule has 0 bridgehead atoms. The van der Waals surface area contributed by atoms with Crippen molar-refractivity contribution in [1.82, 2.24) is 9.78 Å². The highest BCUT2D eigenvalue weighted by Crippen LogP contribution is 2.64. The van der Waals surface area contributed by atoms with Gasteiger partial charge in [0.15, 0.2) is 5.82 Å². The van der Waals surface area contributed by atoms with Crippen LogP contribution in [0.5, 0.6) is 0 Å². The number of aliphatic imine (C=N–C) groups is 1. The van der Waals surface area contributed by atoms with Crippen molar-refractivity contribution in [3.8, 4) is 6.07 Å². The van der Waals surface area contributed by atoms with Gasteiger partial charge in [0.1, 0.15) is 0 Å². The Morgan fingerprint density at radius 3 is 2.42 bits per heavy atom. The molecule has 218 valence electrons. The lowest BCUT2D eigenvalue weighted by atomic mass is 9.84. The summed E-state index contributed by atoms with van der Waals surface area (Å²) in [5.41, 5.74) is 2.88. The molecule has 0 N–H and O–H groups in total. The van der Waals surface area contributed by atoms with Crippen LogP contribution < -0.4 is 15.5 Å². The molecule has 0 spiro atoms. The first kappa shape index (κ1) is 28.7. The number of para-hydroxylation sites is 1. The van der Waals surface area contributed by atoms with E-state index in [0.717, 1.165) is 45.0 Å². The molecule has 0 fully saturated rings. The van der Waals surface area contributed by atoms with Crippen molar-refractivity contribution >= 4 is 41.1 Å². The minimum absolute atomic E-state index is 0.228. The molecule has 0 amide bonds. The number of benzene rings is 3. The lowest BCUT2D eigenvalue weighted by Gasteiger charge is -2.35. The van der Waals surface area contributed by atoms with E-state index in [1.807, 2.05) is 62.7 Å². The summed E-state index contributed by atoms with van der Waals surface area (Å²) in [5, 5.41) is 16.7. The van der Waals surface area contributed by atoms with Crippen molar-refractivity contribution in [2.45, 2.75) is 45.3 Å². The first-order valence-corrected chi connectivity index (χ1v) is 15.7. The van der Waals surface area contributed by atoms with E-state index < -0.39 is 24.2 Å². The second-order valence-electron chi connectivity index (χ2n) is 11.2. The molecular weight excluding hydrogens is 568 g/mol. The highest BCUT2D eigenvalue weighted by Gasteiger charge is 2.47. The topological polar surface area (TPSA) is 69.6 Å². The molecule has 6 nitrogen and oxygen atoms in total. The van der Waals surface area contributed by atoms with Gasteiger partial charge in [0.25, 0.3) is 0 Å². The Hall–Kier alpha value is -4.41. The Kier molecular flexibility index (Phi) is 6.94. The van der Waals surface area contributed by atoms with E-state index in [0.29, 0.717) is 18.1 Å². The third-order valence-corrected chi connectivity index (χ3v) is 11.9. The number of anilines is 1. The second kappa shape index (κ2) is 10.4. The van der Waals surface area contributed by atoms with Gasteiger partial charge in [-0.2, -0.15) is 23.5 Å². The zero-order valence-corrected chi connectivity index (χ0v) is 25.2. The van der Waals surface area contributed by atoms with Crippen molar-refractivity contribution in [3.63, 3.8) is 0 Å².